The summed E-state index contributed by atoms with van der Waals surface area (Å²) in [5, 5.41) is 0. The maximum absolute atomic E-state index is 12.0. The molecule has 1 aromatic carbocycles. The number of primary amides is 1. The van der Waals surface area contributed by atoms with Crippen LogP contribution in [0.1, 0.15) is 61.5 Å². The molecule has 1 aliphatic rings. The number of anilines is 1. The fourth-order valence-electron chi connectivity index (χ4n) is 3.64. The van der Waals surface area contributed by atoms with Crippen molar-refractivity contribution in [3.63, 3.8) is 0 Å². The molecule has 1 aliphatic heterocycles. The predicted molar refractivity (Wildman–Crippen MR) is 102 cm³/mol. The third-order valence-corrected chi connectivity index (χ3v) is 5.12. The zero-order chi connectivity index (χ0) is 17.7. The lowest BCUT2D eigenvalue weighted by Gasteiger charge is -2.25. The van der Waals surface area contributed by atoms with Crippen LogP contribution in [-0.2, 0) is 12.8 Å². The SMILES string of the molecule is CCCCN1CCc2cc(CC(C)N(C)CCC)cc(C(N)=O)c21. The van der Waals surface area contributed by atoms with E-state index in [2.05, 4.69) is 43.7 Å². The molecule has 1 atom stereocenters. The molecule has 0 fully saturated rings. The maximum atomic E-state index is 12.0. The van der Waals surface area contributed by atoms with Gasteiger partial charge in [0, 0.05) is 19.1 Å². The molecule has 0 saturated carbocycles. The van der Waals surface area contributed by atoms with Crippen molar-refractivity contribution in [2.24, 2.45) is 5.73 Å². The number of amides is 1. The van der Waals surface area contributed by atoms with Gasteiger partial charge in [0.25, 0.3) is 5.91 Å². The number of hydrogen-bond acceptors (Lipinski definition) is 3. The number of nitrogens with two attached hydrogens (primary N) is 1. The van der Waals surface area contributed by atoms with Crippen LogP contribution in [-0.4, -0.2) is 43.5 Å². The van der Waals surface area contributed by atoms with E-state index in [1.54, 1.807) is 0 Å². The van der Waals surface area contributed by atoms with Gasteiger partial charge in [0.05, 0.1) is 11.3 Å². The van der Waals surface area contributed by atoms with Crippen LogP contribution >= 0.6 is 0 Å². The molecule has 0 aromatic heterocycles. The summed E-state index contributed by atoms with van der Waals surface area (Å²) in [5.41, 5.74) is 10.0. The van der Waals surface area contributed by atoms with Crippen LogP contribution in [0.4, 0.5) is 5.69 Å². The summed E-state index contributed by atoms with van der Waals surface area (Å²) >= 11 is 0. The van der Waals surface area contributed by atoms with E-state index in [1.165, 1.54) is 11.1 Å². The Bertz CT molecular complexity index is 570. The molecular formula is C20H33N3O. The lowest BCUT2D eigenvalue weighted by atomic mass is 9.97. The van der Waals surface area contributed by atoms with E-state index in [4.69, 9.17) is 5.73 Å². The Hall–Kier alpha value is -1.55. The number of likely N-dealkylation sites (N-methyl/N-ethyl adjacent to an activating group) is 1. The molecule has 2 N–H and O–H groups in total. The third-order valence-electron chi connectivity index (χ3n) is 5.12. The molecular weight excluding hydrogens is 298 g/mol. The van der Waals surface area contributed by atoms with Crippen molar-refractivity contribution >= 4 is 11.6 Å². The summed E-state index contributed by atoms with van der Waals surface area (Å²) in [5.74, 6) is -0.300. The monoisotopic (exact) mass is 331 g/mol. The van der Waals surface area contributed by atoms with Gasteiger partial charge < -0.3 is 15.5 Å². The van der Waals surface area contributed by atoms with E-state index in [9.17, 15) is 4.79 Å². The molecule has 0 saturated heterocycles. The minimum absolute atomic E-state index is 0.300. The number of fused-ring (bicyclic) bond motifs is 1. The summed E-state index contributed by atoms with van der Waals surface area (Å²) in [7, 11) is 2.17. The standard InChI is InChI=1S/C20H33N3O/c1-5-7-10-23-11-8-17-13-16(12-15(3)22(4)9-6-2)14-18(19(17)23)20(21)24/h13-15H,5-12H2,1-4H3,(H2,21,24). The van der Waals surface area contributed by atoms with Crippen molar-refractivity contribution in [2.45, 2.75) is 58.9 Å². The van der Waals surface area contributed by atoms with Crippen LogP contribution in [0.15, 0.2) is 12.1 Å². The van der Waals surface area contributed by atoms with E-state index in [1.807, 2.05) is 6.07 Å². The Kier molecular flexibility index (Phi) is 6.67. The van der Waals surface area contributed by atoms with Crippen molar-refractivity contribution in [1.29, 1.82) is 0 Å². The average Bonchev–Trinajstić information content (AvgIpc) is 2.95. The quantitative estimate of drug-likeness (QED) is 0.756. The van der Waals surface area contributed by atoms with E-state index >= 15 is 0 Å². The zero-order valence-corrected chi connectivity index (χ0v) is 15.8. The van der Waals surface area contributed by atoms with Gasteiger partial charge in [-0.25, -0.2) is 0 Å². The minimum atomic E-state index is -0.300. The van der Waals surface area contributed by atoms with Gasteiger partial charge in [0.2, 0.25) is 0 Å². The van der Waals surface area contributed by atoms with Gasteiger partial charge in [-0.15, -0.1) is 0 Å². The van der Waals surface area contributed by atoms with Gasteiger partial charge >= 0.3 is 0 Å². The van der Waals surface area contributed by atoms with Crippen LogP contribution in [0.25, 0.3) is 0 Å². The lowest BCUT2D eigenvalue weighted by Crippen LogP contribution is -2.31. The summed E-state index contributed by atoms with van der Waals surface area (Å²) in [4.78, 5) is 16.8. The molecule has 1 amide bonds. The highest BCUT2D eigenvalue weighted by atomic mass is 16.1. The van der Waals surface area contributed by atoms with Gasteiger partial charge in [-0.05, 0) is 63.4 Å². The molecule has 4 nitrogen and oxygen atoms in total. The predicted octanol–water partition coefficient (Wildman–Crippen LogP) is 3.22. The van der Waals surface area contributed by atoms with Gasteiger partial charge in [0.1, 0.15) is 0 Å². The highest BCUT2D eigenvalue weighted by Gasteiger charge is 2.25. The van der Waals surface area contributed by atoms with Crippen molar-refractivity contribution in [2.75, 3.05) is 31.6 Å². The van der Waals surface area contributed by atoms with Gasteiger partial charge in [-0.1, -0.05) is 26.3 Å². The topological polar surface area (TPSA) is 49.6 Å². The molecule has 0 radical (unpaired) electrons. The zero-order valence-electron chi connectivity index (χ0n) is 15.8. The summed E-state index contributed by atoms with van der Waals surface area (Å²) in [6.45, 7) is 9.76. The normalized spacial score (nSPS) is 15.0. The third kappa shape index (κ3) is 4.29. The fraction of sp³-hybridized carbons (Fsp3) is 0.650. The first-order valence-electron chi connectivity index (χ1n) is 9.38. The Morgan fingerprint density at radius 3 is 2.71 bits per heavy atom. The molecule has 0 aliphatic carbocycles. The number of benzene rings is 1. The Labute approximate surface area is 147 Å². The first-order chi connectivity index (χ1) is 11.5. The maximum Gasteiger partial charge on any atom is 0.250 e. The number of carbonyl (C=O) groups is 1. The van der Waals surface area contributed by atoms with Crippen molar-refractivity contribution < 1.29 is 4.79 Å². The largest absolute Gasteiger partial charge is 0.370 e. The Morgan fingerprint density at radius 2 is 2.08 bits per heavy atom. The Morgan fingerprint density at radius 1 is 1.33 bits per heavy atom. The molecule has 2 rings (SSSR count). The number of unbranched alkanes of at least 4 members (excludes halogenated alkanes) is 1. The van der Waals surface area contributed by atoms with E-state index in [0.717, 1.165) is 57.4 Å². The molecule has 134 valence electrons. The number of rotatable bonds is 9. The molecule has 0 spiro atoms. The van der Waals surface area contributed by atoms with Crippen LogP contribution in [0.3, 0.4) is 0 Å². The second kappa shape index (κ2) is 8.52. The van der Waals surface area contributed by atoms with Gasteiger partial charge in [-0.2, -0.15) is 0 Å². The van der Waals surface area contributed by atoms with Crippen molar-refractivity contribution in [3.05, 3.63) is 28.8 Å². The highest BCUT2D eigenvalue weighted by molar-refractivity contribution is 6.00. The molecule has 1 unspecified atom stereocenters. The number of carbonyl (C=O) groups excluding carboxylic acids is 1. The molecule has 0 bridgehead atoms. The fourth-order valence-corrected chi connectivity index (χ4v) is 3.64. The van der Waals surface area contributed by atoms with Crippen LogP contribution in [0.2, 0.25) is 0 Å². The first-order valence-corrected chi connectivity index (χ1v) is 9.38. The second-order valence-electron chi connectivity index (χ2n) is 7.14. The summed E-state index contributed by atoms with van der Waals surface area (Å²) < 4.78 is 0. The smallest absolute Gasteiger partial charge is 0.250 e. The van der Waals surface area contributed by atoms with Crippen molar-refractivity contribution in [1.82, 2.24) is 4.90 Å². The van der Waals surface area contributed by atoms with Crippen LogP contribution in [0, 0.1) is 0 Å². The molecule has 4 heteroatoms. The summed E-state index contributed by atoms with van der Waals surface area (Å²) in [6, 6.07) is 4.78. The van der Waals surface area contributed by atoms with E-state index in [0.29, 0.717) is 11.6 Å². The van der Waals surface area contributed by atoms with E-state index in [-0.39, 0.29) is 5.91 Å². The first kappa shape index (κ1) is 18.8. The lowest BCUT2D eigenvalue weighted by molar-refractivity contribution is 0.100. The summed E-state index contributed by atoms with van der Waals surface area (Å²) in [6.07, 6.45) is 5.45. The minimum Gasteiger partial charge on any atom is -0.370 e. The molecule has 1 aromatic rings. The average molecular weight is 332 g/mol. The van der Waals surface area contributed by atoms with Crippen molar-refractivity contribution in [3.8, 4) is 0 Å². The molecule has 24 heavy (non-hydrogen) atoms. The van der Waals surface area contributed by atoms with Crippen LogP contribution < -0.4 is 10.6 Å². The number of hydrogen-bond donors (Lipinski definition) is 1. The van der Waals surface area contributed by atoms with Crippen LogP contribution in [0.5, 0.6) is 0 Å². The van der Waals surface area contributed by atoms with E-state index < -0.39 is 0 Å². The van der Waals surface area contributed by atoms with Gasteiger partial charge in [0.15, 0.2) is 0 Å². The van der Waals surface area contributed by atoms with Gasteiger partial charge in [-0.3, -0.25) is 4.79 Å². The second-order valence-corrected chi connectivity index (χ2v) is 7.14. The Balaban J connectivity index is 2.25. The molecule has 1 heterocycles. The number of nitrogens with zero attached hydrogens (tertiary/aromatic N) is 2. The highest BCUT2D eigenvalue weighted by Crippen LogP contribution is 2.33.